The Morgan fingerprint density at radius 3 is 2.84 bits per heavy atom. The third kappa shape index (κ3) is 3.19. The summed E-state index contributed by atoms with van der Waals surface area (Å²) in [5.74, 6) is 0.667. The monoisotopic (exact) mass is 260 g/mol. The number of benzene rings is 1. The standard InChI is InChI=1S/C13H12N2O4/c1-2-18-12-6-4-3-5-11(12)14-9-10-7-8-13(19-10)15(16)17/h3-9H,2H2,1H3. The fraction of sp³-hybridized carbons (Fsp3) is 0.154. The minimum absolute atomic E-state index is 0.306. The molecule has 0 aliphatic carbocycles. The minimum Gasteiger partial charge on any atom is -0.492 e. The van der Waals surface area contributed by atoms with Gasteiger partial charge in [-0.05, 0) is 25.1 Å². The predicted molar refractivity (Wildman–Crippen MR) is 70.2 cm³/mol. The zero-order valence-corrected chi connectivity index (χ0v) is 10.3. The molecule has 0 fully saturated rings. The van der Waals surface area contributed by atoms with E-state index in [0.717, 1.165) is 0 Å². The predicted octanol–water partition coefficient (Wildman–Crippen LogP) is 3.34. The minimum atomic E-state index is -0.592. The molecule has 0 saturated carbocycles. The lowest BCUT2D eigenvalue weighted by atomic mass is 10.3. The van der Waals surface area contributed by atoms with E-state index >= 15 is 0 Å². The maximum absolute atomic E-state index is 10.5. The highest BCUT2D eigenvalue weighted by atomic mass is 16.6. The number of rotatable bonds is 5. The smallest absolute Gasteiger partial charge is 0.433 e. The van der Waals surface area contributed by atoms with Crippen LogP contribution in [-0.4, -0.2) is 17.7 Å². The summed E-state index contributed by atoms with van der Waals surface area (Å²) in [6.07, 6.45) is 1.42. The lowest BCUT2D eigenvalue weighted by Gasteiger charge is -2.04. The van der Waals surface area contributed by atoms with E-state index in [-0.39, 0.29) is 5.88 Å². The molecule has 0 unspecified atom stereocenters. The Bertz CT molecular complexity index is 604. The molecule has 0 aliphatic heterocycles. The maximum atomic E-state index is 10.5. The summed E-state index contributed by atoms with van der Waals surface area (Å²) in [4.78, 5) is 14.1. The first-order valence-corrected chi connectivity index (χ1v) is 5.71. The molecule has 0 amide bonds. The Hall–Kier alpha value is -2.63. The number of hydrogen-bond acceptors (Lipinski definition) is 5. The van der Waals surface area contributed by atoms with Gasteiger partial charge in [0.15, 0.2) is 5.76 Å². The molecule has 2 rings (SSSR count). The van der Waals surface area contributed by atoms with Crippen LogP contribution < -0.4 is 4.74 Å². The Balaban J connectivity index is 2.19. The average molecular weight is 260 g/mol. The first-order chi connectivity index (χ1) is 9.20. The first kappa shape index (κ1) is 12.8. The number of furan rings is 1. The molecule has 1 aromatic heterocycles. The third-order valence-corrected chi connectivity index (χ3v) is 2.29. The Morgan fingerprint density at radius 2 is 2.16 bits per heavy atom. The Labute approximate surface area is 109 Å². The van der Waals surface area contributed by atoms with Crippen molar-refractivity contribution < 1.29 is 14.1 Å². The van der Waals surface area contributed by atoms with Gasteiger partial charge in [-0.25, -0.2) is 4.99 Å². The summed E-state index contributed by atoms with van der Waals surface area (Å²) in [6.45, 7) is 2.43. The second-order valence-electron chi connectivity index (χ2n) is 3.59. The zero-order chi connectivity index (χ0) is 13.7. The van der Waals surface area contributed by atoms with Crippen molar-refractivity contribution in [2.24, 2.45) is 4.99 Å². The first-order valence-electron chi connectivity index (χ1n) is 5.71. The van der Waals surface area contributed by atoms with Gasteiger partial charge in [-0.15, -0.1) is 0 Å². The van der Waals surface area contributed by atoms with E-state index in [2.05, 4.69) is 4.99 Å². The topological polar surface area (TPSA) is 77.9 Å². The molecule has 0 atom stereocenters. The van der Waals surface area contributed by atoms with Crippen LogP contribution in [0.3, 0.4) is 0 Å². The zero-order valence-electron chi connectivity index (χ0n) is 10.3. The van der Waals surface area contributed by atoms with Crippen LogP contribution in [0.25, 0.3) is 0 Å². The van der Waals surface area contributed by atoms with Crippen LogP contribution in [0.15, 0.2) is 45.8 Å². The summed E-state index contributed by atoms with van der Waals surface area (Å²) in [5.41, 5.74) is 0.642. The number of nitro groups is 1. The highest BCUT2D eigenvalue weighted by Crippen LogP contribution is 2.26. The van der Waals surface area contributed by atoms with Crippen molar-refractivity contribution in [1.82, 2.24) is 0 Å². The summed E-state index contributed by atoms with van der Waals surface area (Å²) in [7, 11) is 0. The number of nitrogens with zero attached hydrogens (tertiary/aromatic N) is 2. The van der Waals surface area contributed by atoms with Crippen LogP contribution in [0.1, 0.15) is 12.7 Å². The number of para-hydroxylation sites is 2. The van der Waals surface area contributed by atoms with Gasteiger partial charge in [0.05, 0.1) is 18.9 Å². The molecule has 0 radical (unpaired) electrons. The van der Waals surface area contributed by atoms with Crippen LogP contribution in [-0.2, 0) is 0 Å². The van der Waals surface area contributed by atoms with Gasteiger partial charge >= 0.3 is 5.88 Å². The molecule has 1 heterocycles. The van der Waals surface area contributed by atoms with Crippen molar-refractivity contribution in [1.29, 1.82) is 0 Å². The van der Waals surface area contributed by atoms with E-state index in [0.29, 0.717) is 23.8 Å². The Morgan fingerprint density at radius 1 is 1.37 bits per heavy atom. The molecular formula is C13H12N2O4. The molecule has 1 aromatic carbocycles. The van der Waals surface area contributed by atoms with Gasteiger partial charge in [0.1, 0.15) is 16.4 Å². The van der Waals surface area contributed by atoms with E-state index in [4.69, 9.17) is 9.15 Å². The molecule has 0 aliphatic rings. The molecule has 0 N–H and O–H groups in total. The summed E-state index contributed by atoms with van der Waals surface area (Å²) < 4.78 is 10.4. The van der Waals surface area contributed by atoms with Crippen LogP contribution in [0.5, 0.6) is 5.75 Å². The number of hydrogen-bond donors (Lipinski definition) is 0. The lowest BCUT2D eigenvalue weighted by Crippen LogP contribution is -1.91. The van der Waals surface area contributed by atoms with Crippen molar-refractivity contribution in [3.63, 3.8) is 0 Å². The maximum Gasteiger partial charge on any atom is 0.433 e. The highest BCUT2D eigenvalue weighted by Gasteiger charge is 2.10. The van der Waals surface area contributed by atoms with E-state index < -0.39 is 4.92 Å². The molecule has 98 valence electrons. The molecule has 6 heteroatoms. The molecule has 2 aromatic rings. The van der Waals surface area contributed by atoms with E-state index in [1.54, 1.807) is 12.1 Å². The van der Waals surface area contributed by atoms with E-state index in [9.17, 15) is 10.1 Å². The largest absolute Gasteiger partial charge is 0.492 e. The van der Waals surface area contributed by atoms with Crippen molar-refractivity contribution in [2.45, 2.75) is 6.92 Å². The highest BCUT2D eigenvalue weighted by molar-refractivity contribution is 5.79. The van der Waals surface area contributed by atoms with Gasteiger partial charge in [0.2, 0.25) is 0 Å². The normalized spacial score (nSPS) is 10.8. The fourth-order valence-electron chi connectivity index (χ4n) is 1.48. The van der Waals surface area contributed by atoms with Gasteiger partial charge in [0, 0.05) is 0 Å². The SMILES string of the molecule is CCOc1ccccc1N=Cc1ccc([N+](=O)[O-])o1. The molecule has 19 heavy (non-hydrogen) atoms. The molecule has 0 saturated heterocycles. The van der Waals surface area contributed by atoms with Crippen LogP contribution in [0.4, 0.5) is 11.6 Å². The van der Waals surface area contributed by atoms with Crippen LogP contribution in [0, 0.1) is 10.1 Å². The lowest BCUT2D eigenvalue weighted by molar-refractivity contribution is -0.402. The average Bonchev–Trinajstić information content (AvgIpc) is 2.87. The van der Waals surface area contributed by atoms with Crippen molar-refractivity contribution in [2.75, 3.05) is 6.61 Å². The number of aliphatic imine (C=N–C) groups is 1. The van der Waals surface area contributed by atoms with Crippen LogP contribution >= 0.6 is 0 Å². The van der Waals surface area contributed by atoms with Gasteiger partial charge in [-0.2, -0.15) is 0 Å². The van der Waals surface area contributed by atoms with Crippen molar-refractivity contribution in [3.05, 3.63) is 52.3 Å². The van der Waals surface area contributed by atoms with Gasteiger partial charge < -0.3 is 9.15 Å². The van der Waals surface area contributed by atoms with Gasteiger partial charge in [-0.3, -0.25) is 10.1 Å². The Kier molecular flexibility index (Phi) is 3.92. The third-order valence-electron chi connectivity index (χ3n) is 2.29. The molecular weight excluding hydrogens is 248 g/mol. The molecule has 0 bridgehead atoms. The van der Waals surface area contributed by atoms with Gasteiger partial charge in [-0.1, -0.05) is 12.1 Å². The van der Waals surface area contributed by atoms with E-state index in [1.165, 1.54) is 18.3 Å². The number of ether oxygens (including phenoxy) is 1. The van der Waals surface area contributed by atoms with Gasteiger partial charge in [0.25, 0.3) is 0 Å². The van der Waals surface area contributed by atoms with Crippen molar-refractivity contribution in [3.8, 4) is 5.75 Å². The van der Waals surface area contributed by atoms with Crippen molar-refractivity contribution >= 4 is 17.8 Å². The summed E-state index contributed by atoms with van der Waals surface area (Å²) >= 11 is 0. The van der Waals surface area contributed by atoms with E-state index in [1.807, 2.05) is 19.1 Å². The second kappa shape index (κ2) is 5.81. The fourth-order valence-corrected chi connectivity index (χ4v) is 1.48. The molecule has 0 spiro atoms. The van der Waals surface area contributed by atoms with Crippen LogP contribution in [0.2, 0.25) is 0 Å². The summed E-state index contributed by atoms with van der Waals surface area (Å²) in [5, 5.41) is 10.5. The quantitative estimate of drug-likeness (QED) is 0.469. The molecule has 6 nitrogen and oxygen atoms in total. The summed E-state index contributed by atoms with van der Waals surface area (Å²) in [6, 6.07) is 10.1. The second-order valence-corrected chi connectivity index (χ2v) is 3.59.